The molecule has 0 N–H and O–H groups in total. The first-order valence-corrected chi connectivity index (χ1v) is 11.3. The summed E-state index contributed by atoms with van der Waals surface area (Å²) >= 11 is 0. The summed E-state index contributed by atoms with van der Waals surface area (Å²) in [5, 5.41) is 2.62. The Morgan fingerprint density at radius 2 is 1.25 bits per heavy atom. The molecule has 5 aromatic carbocycles. The summed E-state index contributed by atoms with van der Waals surface area (Å²) in [5.41, 5.74) is 11.9. The molecule has 32 heavy (non-hydrogen) atoms. The van der Waals surface area contributed by atoms with E-state index in [4.69, 9.17) is 0 Å². The van der Waals surface area contributed by atoms with E-state index in [1.165, 1.54) is 61.2 Å². The molecule has 7 rings (SSSR count). The number of nitrogens with zero attached hydrogens (tertiary/aromatic N) is 1. The van der Waals surface area contributed by atoms with E-state index >= 15 is 0 Å². The monoisotopic (exact) mass is 409 g/mol. The lowest BCUT2D eigenvalue weighted by Crippen LogP contribution is -2.18. The Morgan fingerprint density at radius 1 is 0.531 bits per heavy atom. The van der Waals surface area contributed by atoms with Crippen molar-refractivity contribution in [2.24, 2.45) is 0 Å². The van der Waals surface area contributed by atoms with Crippen molar-refractivity contribution >= 4 is 27.8 Å². The van der Waals surface area contributed by atoms with Gasteiger partial charge in [0.1, 0.15) is 0 Å². The van der Waals surface area contributed by atoms with E-state index in [1.807, 2.05) is 0 Å². The second-order valence-corrected chi connectivity index (χ2v) is 9.44. The molecule has 1 aliphatic heterocycles. The number of hydrogen-bond donors (Lipinski definition) is 0. The highest BCUT2D eigenvalue weighted by Crippen LogP contribution is 2.56. The van der Waals surface area contributed by atoms with Crippen LogP contribution in [0.15, 0.2) is 103 Å². The molecule has 0 aromatic heterocycles. The number of anilines is 3. The Hall–Kier alpha value is -3.84. The fourth-order valence-corrected chi connectivity index (χ4v) is 5.85. The van der Waals surface area contributed by atoms with Gasteiger partial charge in [0.25, 0.3) is 0 Å². The van der Waals surface area contributed by atoms with Gasteiger partial charge in [-0.1, -0.05) is 86.6 Å². The van der Waals surface area contributed by atoms with Gasteiger partial charge in [-0.15, -0.1) is 0 Å². The molecule has 0 saturated carbocycles. The second kappa shape index (κ2) is 6.11. The van der Waals surface area contributed by atoms with Crippen molar-refractivity contribution in [2.75, 3.05) is 4.90 Å². The van der Waals surface area contributed by atoms with Gasteiger partial charge in [0.05, 0.1) is 11.4 Å². The lowest BCUT2D eigenvalue weighted by atomic mass is 9.81. The zero-order chi connectivity index (χ0) is 21.4. The second-order valence-electron chi connectivity index (χ2n) is 9.44. The normalized spacial score (nSPS) is 14.8. The van der Waals surface area contributed by atoms with Crippen LogP contribution in [0.1, 0.15) is 25.0 Å². The maximum absolute atomic E-state index is 2.45. The molecule has 1 heterocycles. The summed E-state index contributed by atoms with van der Waals surface area (Å²) < 4.78 is 0. The standard InChI is InChI=1S/C31H23N/c1-31(2)26-16-7-6-14-22(26)24-18-25-23-15-8-10-20-11-9-17-28(30(20)23)32(29(25)19-27(24)31)21-12-4-3-5-13-21/h3-19H,1-2H3. The van der Waals surface area contributed by atoms with Crippen LogP contribution in [0.25, 0.3) is 33.0 Å². The third-order valence-electron chi connectivity index (χ3n) is 7.37. The van der Waals surface area contributed by atoms with Crippen molar-refractivity contribution in [2.45, 2.75) is 19.3 Å². The maximum Gasteiger partial charge on any atom is 0.0546 e. The van der Waals surface area contributed by atoms with E-state index in [2.05, 4.69) is 122 Å². The third kappa shape index (κ3) is 2.18. The van der Waals surface area contributed by atoms with Gasteiger partial charge in [-0.05, 0) is 63.5 Å². The molecule has 1 aliphatic carbocycles. The van der Waals surface area contributed by atoms with Crippen molar-refractivity contribution < 1.29 is 0 Å². The molecule has 0 bridgehead atoms. The van der Waals surface area contributed by atoms with Crippen molar-refractivity contribution in [1.29, 1.82) is 0 Å². The minimum atomic E-state index is -0.0215. The SMILES string of the molecule is CC1(C)c2ccccc2-c2cc3c(cc21)N(c1ccccc1)c1cccc2cccc-3c12. The Labute approximate surface area is 188 Å². The Morgan fingerprint density at radius 3 is 2.09 bits per heavy atom. The topological polar surface area (TPSA) is 3.24 Å². The largest absolute Gasteiger partial charge is 0.309 e. The van der Waals surface area contributed by atoms with Crippen LogP contribution in [-0.4, -0.2) is 0 Å². The zero-order valence-electron chi connectivity index (χ0n) is 18.3. The van der Waals surface area contributed by atoms with Crippen molar-refractivity contribution in [3.8, 4) is 22.3 Å². The van der Waals surface area contributed by atoms with Gasteiger partial charge >= 0.3 is 0 Å². The van der Waals surface area contributed by atoms with E-state index in [9.17, 15) is 0 Å². The van der Waals surface area contributed by atoms with Crippen molar-refractivity contribution in [1.82, 2.24) is 0 Å². The predicted molar refractivity (Wildman–Crippen MR) is 135 cm³/mol. The first-order valence-electron chi connectivity index (χ1n) is 11.3. The molecule has 1 heteroatoms. The summed E-state index contributed by atoms with van der Waals surface area (Å²) in [4.78, 5) is 2.45. The van der Waals surface area contributed by atoms with Crippen LogP contribution in [0.4, 0.5) is 17.1 Å². The van der Waals surface area contributed by atoms with Crippen molar-refractivity contribution in [3.63, 3.8) is 0 Å². The summed E-state index contributed by atoms with van der Waals surface area (Å²) in [6.45, 7) is 4.71. The first-order chi connectivity index (χ1) is 15.6. The number of rotatable bonds is 1. The van der Waals surface area contributed by atoms with E-state index in [0.29, 0.717) is 0 Å². The van der Waals surface area contributed by atoms with Crippen LogP contribution in [0.5, 0.6) is 0 Å². The smallest absolute Gasteiger partial charge is 0.0546 e. The molecule has 0 unspecified atom stereocenters. The fourth-order valence-electron chi connectivity index (χ4n) is 5.85. The number of fused-ring (bicyclic) bond motifs is 5. The number of para-hydroxylation sites is 1. The lowest BCUT2D eigenvalue weighted by Gasteiger charge is -2.35. The maximum atomic E-state index is 2.45. The average Bonchev–Trinajstić information content (AvgIpc) is 3.06. The van der Waals surface area contributed by atoms with Crippen LogP contribution >= 0.6 is 0 Å². The van der Waals surface area contributed by atoms with Gasteiger partial charge in [0.15, 0.2) is 0 Å². The number of benzene rings is 5. The molecule has 0 radical (unpaired) electrons. The molecule has 5 aromatic rings. The highest BCUT2D eigenvalue weighted by Gasteiger charge is 2.38. The van der Waals surface area contributed by atoms with Gasteiger partial charge < -0.3 is 4.90 Å². The van der Waals surface area contributed by atoms with Crippen LogP contribution in [0.3, 0.4) is 0 Å². The summed E-state index contributed by atoms with van der Waals surface area (Å²) in [5.74, 6) is 0. The summed E-state index contributed by atoms with van der Waals surface area (Å²) in [7, 11) is 0. The molecule has 0 fully saturated rings. The van der Waals surface area contributed by atoms with Crippen LogP contribution < -0.4 is 4.90 Å². The average molecular weight is 410 g/mol. The van der Waals surface area contributed by atoms with E-state index in [0.717, 1.165) is 0 Å². The summed E-state index contributed by atoms with van der Waals surface area (Å²) in [6, 6.07) is 37.9. The van der Waals surface area contributed by atoms with Crippen LogP contribution in [0, 0.1) is 0 Å². The Bertz CT molecular complexity index is 1540. The molecule has 2 aliphatic rings. The molecule has 152 valence electrons. The van der Waals surface area contributed by atoms with Gasteiger partial charge in [-0.2, -0.15) is 0 Å². The molecule has 0 saturated heterocycles. The van der Waals surface area contributed by atoms with Gasteiger partial charge in [-0.25, -0.2) is 0 Å². The molecular weight excluding hydrogens is 386 g/mol. The first kappa shape index (κ1) is 17.8. The van der Waals surface area contributed by atoms with Crippen molar-refractivity contribution in [3.05, 3.63) is 114 Å². The number of hydrogen-bond acceptors (Lipinski definition) is 1. The zero-order valence-corrected chi connectivity index (χ0v) is 18.3. The highest BCUT2D eigenvalue weighted by atomic mass is 15.2. The Balaban J connectivity index is 1.63. The highest BCUT2D eigenvalue weighted by molar-refractivity contribution is 6.14. The molecular formula is C31H23N. The van der Waals surface area contributed by atoms with Crippen LogP contribution in [-0.2, 0) is 5.41 Å². The van der Waals surface area contributed by atoms with E-state index in [1.54, 1.807) is 0 Å². The Kier molecular flexibility index (Phi) is 3.40. The van der Waals surface area contributed by atoms with E-state index in [-0.39, 0.29) is 5.41 Å². The molecule has 0 spiro atoms. The van der Waals surface area contributed by atoms with Gasteiger partial charge in [-0.3, -0.25) is 0 Å². The third-order valence-corrected chi connectivity index (χ3v) is 7.37. The summed E-state index contributed by atoms with van der Waals surface area (Å²) in [6.07, 6.45) is 0. The van der Waals surface area contributed by atoms with Gasteiger partial charge in [0.2, 0.25) is 0 Å². The quantitative estimate of drug-likeness (QED) is 0.263. The molecule has 1 nitrogen and oxygen atoms in total. The van der Waals surface area contributed by atoms with Crippen LogP contribution in [0.2, 0.25) is 0 Å². The van der Waals surface area contributed by atoms with E-state index < -0.39 is 0 Å². The lowest BCUT2D eigenvalue weighted by molar-refractivity contribution is 0.660. The fraction of sp³-hybridized carbons (Fsp3) is 0.0968. The predicted octanol–water partition coefficient (Wildman–Crippen LogP) is 8.60. The minimum absolute atomic E-state index is 0.0215. The minimum Gasteiger partial charge on any atom is -0.309 e. The molecule has 0 amide bonds. The molecule has 0 atom stereocenters. The van der Waals surface area contributed by atoms with Gasteiger partial charge in [0, 0.05) is 22.1 Å².